The fourth-order valence-electron chi connectivity index (χ4n) is 1.99. The summed E-state index contributed by atoms with van der Waals surface area (Å²) in [5, 5.41) is 19.5. The van der Waals surface area contributed by atoms with Gasteiger partial charge in [0, 0.05) is 25.6 Å². The SMILES string of the molecule is CCCO[C@@H]1C[C@H](O)C[C@@H](O)[C@H]1OP(=O)(O)CC. The number of rotatable bonds is 6. The van der Waals surface area contributed by atoms with Crippen LogP contribution in [0.5, 0.6) is 0 Å². The first-order chi connectivity index (χ1) is 8.39. The zero-order valence-electron chi connectivity index (χ0n) is 10.9. The fraction of sp³-hybridized carbons (Fsp3) is 1.00. The van der Waals surface area contributed by atoms with E-state index in [1.807, 2.05) is 6.92 Å². The third-order valence-electron chi connectivity index (χ3n) is 2.99. The average molecular weight is 282 g/mol. The molecular formula is C11H23O6P. The lowest BCUT2D eigenvalue weighted by atomic mass is 9.90. The first-order valence-electron chi connectivity index (χ1n) is 6.37. The molecule has 0 aliphatic heterocycles. The second-order valence-electron chi connectivity index (χ2n) is 4.63. The summed E-state index contributed by atoms with van der Waals surface area (Å²) in [5.41, 5.74) is 0. The normalized spacial score (nSPS) is 36.3. The zero-order chi connectivity index (χ0) is 13.8. The Morgan fingerprint density at radius 2 is 1.94 bits per heavy atom. The predicted molar refractivity (Wildman–Crippen MR) is 66.5 cm³/mol. The molecule has 0 heterocycles. The van der Waals surface area contributed by atoms with E-state index in [1.165, 1.54) is 0 Å². The van der Waals surface area contributed by atoms with Gasteiger partial charge in [0.25, 0.3) is 0 Å². The topological polar surface area (TPSA) is 96.2 Å². The minimum atomic E-state index is -3.69. The number of aliphatic hydroxyl groups excluding tert-OH is 2. The van der Waals surface area contributed by atoms with Crippen LogP contribution in [0.2, 0.25) is 0 Å². The van der Waals surface area contributed by atoms with Crippen molar-refractivity contribution in [3.05, 3.63) is 0 Å². The first kappa shape index (κ1) is 16.1. The van der Waals surface area contributed by atoms with Crippen LogP contribution in [0.25, 0.3) is 0 Å². The summed E-state index contributed by atoms with van der Waals surface area (Å²) >= 11 is 0. The van der Waals surface area contributed by atoms with Crippen LogP contribution < -0.4 is 0 Å². The molecule has 0 aromatic carbocycles. The van der Waals surface area contributed by atoms with Gasteiger partial charge in [0.15, 0.2) is 0 Å². The highest BCUT2D eigenvalue weighted by Gasteiger charge is 2.41. The maximum atomic E-state index is 11.6. The lowest BCUT2D eigenvalue weighted by molar-refractivity contribution is -0.131. The van der Waals surface area contributed by atoms with E-state index in [-0.39, 0.29) is 12.6 Å². The second kappa shape index (κ2) is 6.98. The van der Waals surface area contributed by atoms with E-state index < -0.39 is 32.0 Å². The van der Waals surface area contributed by atoms with Crippen molar-refractivity contribution in [3.63, 3.8) is 0 Å². The van der Waals surface area contributed by atoms with Crippen LogP contribution >= 0.6 is 7.60 Å². The minimum Gasteiger partial charge on any atom is -0.393 e. The van der Waals surface area contributed by atoms with Crippen molar-refractivity contribution in [1.29, 1.82) is 0 Å². The van der Waals surface area contributed by atoms with Crippen molar-refractivity contribution >= 4 is 7.60 Å². The molecule has 0 radical (unpaired) electrons. The van der Waals surface area contributed by atoms with E-state index in [0.29, 0.717) is 13.0 Å². The van der Waals surface area contributed by atoms with Crippen molar-refractivity contribution < 1.29 is 28.9 Å². The van der Waals surface area contributed by atoms with Crippen molar-refractivity contribution in [2.75, 3.05) is 12.8 Å². The Hall–Kier alpha value is 0.0300. The molecule has 0 saturated heterocycles. The summed E-state index contributed by atoms with van der Waals surface area (Å²) < 4.78 is 22.2. The van der Waals surface area contributed by atoms with Crippen LogP contribution in [0.15, 0.2) is 0 Å². The van der Waals surface area contributed by atoms with Gasteiger partial charge in [-0.1, -0.05) is 13.8 Å². The maximum absolute atomic E-state index is 11.6. The molecule has 0 bridgehead atoms. The summed E-state index contributed by atoms with van der Waals surface area (Å²) in [6, 6.07) is 0. The molecule has 108 valence electrons. The minimum absolute atomic E-state index is 0.0146. The Bertz CT molecular complexity index is 297. The third kappa shape index (κ3) is 4.61. The zero-order valence-corrected chi connectivity index (χ0v) is 11.8. The standard InChI is InChI=1S/C11H23O6P/c1-3-5-16-10-7-8(12)6-9(13)11(10)17-18(14,15)4-2/h8-13H,3-7H2,1-2H3,(H,14,15)/t8-,9-,10-,11-/m1/s1. The van der Waals surface area contributed by atoms with E-state index in [9.17, 15) is 19.7 Å². The largest absolute Gasteiger partial charge is 0.393 e. The van der Waals surface area contributed by atoms with Gasteiger partial charge in [-0.2, -0.15) is 0 Å². The lowest BCUT2D eigenvalue weighted by Crippen LogP contribution is -2.48. The van der Waals surface area contributed by atoms with E-state index in [2.05, 4.69) is 0 Å². The van der Waals surface area contributed by atoms with Crippen LogP contribution in [0, 0.1) is 0 Å². The van der Waals surface area contributed by atoms with Gasteiger partial charge in [-0.3, -0.25) is 9.09 Å². The van der Waals surface area contributed by atoms with Gasteiger partial charge in [0.05, 0.1) is 18.3 Å². The molecule has 1 rings (SSSR count). The summed E-state index contributed by atoms with van der Waals surface area (Å²) in [4.78, 5) is 9.51. The van der Waals surface area contributed by atoms with Crippen LogP contribution in [-0.2, 0) is 13.8 Å². The van der Waals surface area contributed by atoms with Crippen LogP contribution in [0.4, 0.5) is 0 Å². The van der Waals surface area contributed by atoms with Crippen molar-refractivity contribution in [3.8, 4) is 0 Å². The molecule has 0 amide bonds. The smallest absolute Gasteiger partial charge is 0.328 e. The van der Waals surface area contributed by atoms with Crippen LogP contribution in [0.3, 0.4) is 0 Å². The van der Waals surface area contributed by atoms with Crippen molar-refractivity contribution in [2.24, 2.45) is 0 Å². The first-order valence-corrected chi connectivity index (χ1v) is 8.13. The van der Waals surface area contributed by atoms with Gasteiger partial charge in [-0.25, -0.2) is 0 Å². The molecule has 0 aromatic heterocycles. The van der Waals surface area contributed by atoms with Gasteiger partial charge in [-0.15, -0.1) is 0 Å². The third-order valence-corrected chi connectivity index (χ3v) is 4.36. The molecule has 0 spiro atoms. The molecule has 3 N–H and O–H groups in total. The number of aliphatic hydroxyl groups is 2. The van der Waals surface area contributed by atoms with E-state index in [0.717, 1.165) is 6.42 Å². The molecule has 6 nitrogen and oxygen atoms in total. The highest BCUT2D eigenvalue weighted by Crippen LogP contribution is 2.45. The molecule has 1 fully saturated rings. The Labute approximate surface area is 107 Å². The summed E-state index contributed by atoms with van der Waals surface area (Å²) in [7, 11) is -3.69. The van der Waals surface area contributed by atoms with Crippen LogP contribution in [0.1, 0.15) is 33.1 Å². The monoisotopic (exact) mass is 282 g/mol. The van der Waals surface area contributed by atoms with E-state index in [1.54, 1.807) is 6.92 Å². The van der Waals surface area contributed by atoms with Crippen molar-refractivity contribution in [2.45, 2.75) is 57.5 Å². The molecule has 18 heavy (non-hydrogen) atoms. The Kier molecular flexibility index (Phi) is 6.24. The summed E-state index contributed by atoms with van der Waals surface area (Å²) in [5.74, 6) is 0. The fourth-order valence-corrected chi connectivity index (χ4v) is 2.80. The number of hydrogen-bond acceptors (Lipinski definition) is 5. The maximum Gasteiger partial charge on any atom is 0.328 e. The number of hydrogen-bond donors (Lipinski definition) is 3. The van der Waals surface area contributed by atoms with E-state index >= 15 is 0 Å². The number of ether oxygens (including phenoxy) is 1. The highest BCUT2D eigenvalue weighted by atomic mass is 31.2. The van der Waals surface area contributed by atoms with Crippen LogP contribution in [-0.4, -0.2) is 52.3 Å². The molecule has 0 aromatic rings. The average Bonchev–Trinajstić information content (AvgIpc) is 2.30. The molecule has 7 heteroatoms. The predicted octanol–water partition coefficient (Wildman–Crippen LogP) is 0.888. The Morgan fingerprint density at radius 1 is 1.28 bits per heavy atom. The molecule has 1 aliphatic rings. The molecule has 1 aliphatic carbocycles. The highest BCUT2D eigenvalue weighted by molar-refractivity contribution is 7.52. The van der Waals surface area contributed by atoms with Gasteiger partial charge in [0.1, 0.15) is 6.10 Å². The molecule has 1 unspecified atom stereocenters. The van der Waals surface area contributed by atoms with Gasteiger partial charge < -0.3 is 19.8 Å². The Balaban J connectivity index is 2.71. The molecule has 5 atom stereocenters. The van der Waals surface area contributed by atoms with E-state index in [4.69, 9.17) is 9.26 Å². The van der Waals surface area contributed by atoms with Gasteiger partial charge in [-0.05, 0) is 6.42 Å². The molecule has 1 saturated carbocycles. The van der Waals surface area contributed by atoms with Crippen molar-refractivity contribution in [1.82, 2.24) is 0 Å². The lowest BCUT2D eigenvalue weighted by Gasteiger charge is -2.37. The quantitative estimate of drug-likeness (QED) is 0.626. The van der Waals surface area contributed by atoms with Gasteiger partial charge in [0.2, 0.25) is 0 Å². The summed E-state index contributed by atoms with van der Waals surface area (Å²) in [6.07, 6.45) is -1.82. The summed E-state index contributed by atoms with van der Waals surface area (Å²) in [6.45, 7) is 3.95. The second-order valence-corrected chi connectivity index (χ2v) is 6.74. The van der Waals surface area contributed by atoms with Gasteiger partial charge >= 0.3 is 7.60 Å². The Morgan fingerprint density at radius 3 is 2.50 bits per heavy atom. The molecular weight excluding hydrogens is 259 g/mol.